The van der Waals surface area contributed by atoms with Crippen LogP contribution in [0.2, 0.25) is 0 Å². The Balaban J connectivity index is 4.21. The van der Waals surface area contributed by atoms with E-state index in [0.29, 0.717) is 19.3 Å². The van der Waals surface area contributed by atoms with Crippen molar-refractivity contribution >= 4 is 17.9 Å². The third-order valence-electron chi connectivity index (χ3n) is 9.79. The first-order chi connectivity index (χ1) is 24.4. The Morgan fingerprint density at radius 2 is 0.660 bits per heavy atom. The van der Waals surface area contributed by atoms with Crippen LogP contribution in [0.25, 0.3) is 0 Å². The van der Waals surface area contributed by atoms with Gasteiger partial charge in [-0.05, 0) is 25.2 Å². The maximum Gasteiger partial charge on any atom is 0.306 e. The molecule has 6 heteroatoms. The van der Waals surface area contributed by atoms with E-state index >= 15 is 0 Å². The number of carbonyl (C=O) groups is 3. The molecule has 0 amide bonds. The SMILES string of the molecule is CCCCCCCCCCCCCCCC(=O)OC[C@@H](COC(=O)CCCCCCC)OC(=O)CCCCCCCCCCCCCC(C)C. The van der Waals surface area contributed by atoms with Crippen LogP contribution in [-0.4, -0.2) is 37.2 Å². The summed E-state index contributed by atoms with van der Waals surface area (Å²) in [6.45, 7) is 8.90. The Labute approximate surface area is 310 Å². The fraction of sp³-hybridized carbons (Fsp3) is 0.932. The van der Waals surface area contributed by atoms with E-state index in [2.05, 4.69) is 27.7 Å². The van der Waals surface area contributed by atoms with E-state index in [1.54, 1.807) is 0 Å². The van der Waals surface area contributed by atoms with Gasteiger partial charge in [-0.1, -0.05) is 201 Å². The highest BCUT2D eigenvalue weighted by Crippen LogP contribution is 2.16. The zero-order chi connectivity index (χ0) is 36.8. The maximum atomic E-state index is 12.6. The van der Waals surface area contributed by atoms with Crippen molar-refractivity contribution in [3.8, 4) is 0 Å². The predicted molar refractivity (Wildman–Crippen MR) is 210 cm³/mol. The molecule has 0 fully saturated rings. The zero-order valence-electron chi connectivity index (χ0n) is 33.9. The molecule has 0 aromatic heterocycles. The quantitative estimate of drug-likeness (QED) is 0.0359. The molecular formula is C44H84O6. The highest BCUT2D eigenvalue weighted by atomic mass is 16.6. The summed E-state index contributed by atoms with van der Waals surface area (Å²) in [6, 6.07) is 0. The fourth-order valence-corrected chi connectivity index (χ4v) is 6.45. The van der Waals surface area contributed by atoms with Crippen LogP contribution in [0, 0.1) is 5.92 Å². The van der Waals surface area contributed by atoms with Gasteiger partial charge in [0.1, 0.15) is 13.2 Å². The first kappa shape index (κ1) is 48.4. The van der Waals surface area contributed by atoms with Gasteiger partial charge in [0, 0.05) is 19.3 Å². The lowest BCUT2D eigenvalue weighted by Gasteiger charge is -2.18. The Morgan fingerprint density at radius 1 is 0.380 bits per heavy atom. The number of esters is 3. The van der Waals surface area contributed by atoms with E-state index in [9.17, 15) is 14.4 Å². The summed E-state index contributed by atoms with van der Waals surface area (Å²) in [4.78, 5) is 37.4. The molecule has 0 aliphatic carbocycles. The van der Waals surface area contributed by atoms with Crippen LogP contribution >= 0.6 is 0 Å². The number of rotatable bonds is 39. The van der Waals surface area contributed by atoms with Crippen LogP contribution in [0.3, 0.4) is 0 Å². The number of hydrogen-bond acceptors (Lipinski definition) is 6. The van der Waals surface area contributed by atoms with Crippen LogP contribution < -0.4 is 0 Å². The molecule has 0 saturated heterocycles. The predicted octanol–water partition coefficient (Wildman–Crippen LogP) is 13.6. The monoisotopic (exact) mass is 709 g/mol. The molecule has 0 aromatic rings. The van der Waals surface area contributed by atoms with Crippen molar-refractivity contribution in [1.82, 2.24) is 0 Å². The van der Waals surface area contributed by atoms with Crippen molar-refractivity contribution < 1.29 is 28.6 Å². The second kappa shape index (κ2) is 38.6. The molecule has 1 atom stereocenters. The molecule has 296 valence electrons. The van der Waals surface area contributed by atoms with Gasteiger partial charge in [-0.3, -0.25) is 14.4 Å². The van der Waals surface area contributed by atoms with Gasteiger partial charge in [0.25, 0.3) is 0 Å². The van der Waals surface area contributed by atoms with Gasteiger partial charge < -0.3 is 14.2 Å². The largest absolute Gasteiger partial charge is 0.462 e. The number of unbranched alkanes of at least 4 members (excludes halogenated alkanes) is 26. The summed E-state index contributed by atoms with van der Waals surface area (Å²) >= 11 is 0. The Hall–Kier alpha value is -1.59. The molecule has 0 radical (unpaired) electrons. The van der Waals surface area contributed by atoms with Crippen LogP contribution in [0.5, 0.6) is 0 Å². The van der Waals surface area contributed by atoms with Crippen LogP contribution in [-0.2, 0) is 28.6 Å². The molecule has 6 nitrogen and oxygen atoms in total. The molecule has 0 bridgehead atoms. The third kappa shape index (κ3) is 37.7. The zero-order valence-corrected chi connectivity index (χ0v) is 33.9. The van der Waals surface area contributed by atoms with Crippen molar-refractivity contribution in [2.75, 3.05) is 13.2 Å². The molecule has 0 saturated carbocycles. The van der Waals surface area contributed by atoms with Crippen molar-refractivity contribution in [2.24, 2.45) is 5.92 Å². The van der Waals surface area contributed by atoms with Gasteiger partial charge in [0.05, 0.1) is 0 Å². The molecule has 50 heavy (non-hydrogen) atoms. The summed E-state index contributed by atoms with van der Waals surface area (Å²) in [5.74, 6) is -0.0454. The first-order valence-corrected chi connectivity index (χ1v) is 21.9. The Morgan fingerprint density at radius 3 is 0.980 bits per heavy atom. The van der Waals surface area contributed by atoms with Crippen LogP contribution in [0.15, 0.2) is 0 Å². The van der Waals surface area contributed by atoms with Gasteiger partial charge >= 0.3 is 17.9 Å². The van der Waals surface area contributed by atoms with E-state index < -0.39 is 6.10 Å². The van der Waals surface area contributed by atoms with Gasteiger partial charge in [0.15, 0.2) is 6.10 Å². The standard InChI is InChI=1S/C44H84O6/c1-5-7-9-11-12-13-14-15-18-21-24-28-32-36-43(46)49-39-41(38-48-42(45)35-31-26-10-8-6-2)50-44(47)37-33-29-25-22-19-16-17-20-23-27-30-34-40(3)4/h40-41H,5-39H2,1-4H3/t41-/m1/s1. The molecule has 0 unspecified atom stereocenters. The molecule has 0 heterocycles. The van der Waals surface area contributed by atoms with Crippen molar-refractivity contribution in [3.63, 3.8) is 0 Å². The average molecular weight is 709 g/mol. The second-order valence-electron chi connectivity index (χ2n) is 15.5. The fourth-order valence-electron chi connectivity index (χ4n) is 6.45. The normalized spacial score (nSPS) is 11.9. The summed E-state index contributed by atoms with van der Waals surface area (Å²) in [5.41, 5.74) is 0. The number of hydrogen-bond donors (Lipinski definition) is 0. The smallest absolute Gasteiger partial charge is 0.306 e. The average Bonchev–Trinajstić information content (AvgIpc) is 3.09. The molecular weight excluding hydrogens is 624 g/mol. The van der Waals surface area contributed by atoms with Gasteiger partial charge in [0.2, 0.25) is 0 Å². The topological polar surface area (TPSA) is 78.9 Å². The summed E-state index contributed by atoms with van der Waals surface area (Å²) in [5, 5.41) is 0. The lowest BCUT2D eigenvalue weighted by atomic mass is 10.0. The van der Waals surface area contributed by atoms with E-state index in [0.717, 1.165) is 70.1 Å². The Kier molecular flexibility index (Phi) is 37.4. The summed E-state index contributed by atoms with van der Waals surface area (Å²) in [7, 11) is 0. The van der Waals surface area contributed by atoms with Crippen LogP contribution in [0.1, 0.15) is 240 Å². The minimum Gasteiger partial charge on any atom is -0.462 e. The molecule has 0 N–H and O–H groups in total. The highest BCUT2D eigenvalue weighted by Gasteiger charge is 2.19. The lowest BCUT2D eigenvalue weighted by Crippen LogP contribution is -2.30. The molecule has 0 spiro atoms. The van der Waals surface area contributed by atoms with Gasteiger partial charge in [-0.25, -0.2) is 0 Å². The molecule has 0 aromatic carbocycles. The first-order valence-electron chi connectivity index (χ1n) is 21.9. The van der Waals surface area contributed by atoms with Gasteiger partial charge in [-0.2, -0.15) is 0 Å². The summed E-state index contributed by atoms with van der Waals surface area (Å²) in [6.07, 6.45) is 36.8. The van der Waals surface area contributed by atoms with Gasteiger partial charge in [-0.15, -0.1) is 0 Å². The lowest BCUT2D eigenvalue weighted by molar-refractivity contribution is -0.167. The molecule has 0 aliphatic heterocycles. The minimum atomic E-state index is -0.757. The van der Waals surface area contributed by atoms with E-state index in [1.807, 2.05) is 0 Å². The van der Waals surface area contributed by atoms with E-state index in [-0.39, 0.29) is 31.1 Å². The van der Waals surface area contributed by atoms with E-state index in [1.165, 1.54) is 128 Å². The van der Waals surface area contributed by atoms with Crippen LogP contribution in [0.4, 0.5) is 0 Å². The highest BCUT2D eigenvalue weighted by molar-refractivity contribution is 5.71. The maximum absolute atomic E-state index is 12.6. The second-order valence-corrected chi connectivity index (χ2v) is 15.5. The third-order valence-corrected chi connectivity index (χ3v) is 9.79. The Bertz CT molecular complexity index is 751. The minimum absolute atomic E-state index is 0.0650. The number of ether oxygens (including phenoxy) is 3. The van der Waals surface area contributed by atoms with E-state index in [4.69, 9.17) is 14.2 Å². The molecule has 0 aliphatic rings. The number of carbonyl (C=O) groups excluding carboxylic acids is 3. The van der Waals surface area contributed by atoms with Crippen molar-refractivity contribution in [2.45, 2.75) is 246 Å². The summed E-state index contributed by atoms with van der Waals surface area (Å²) < 4.78 is 16.6. The molecule has 0 rings (SSSR count). The van der Waals surface area contributed by atoms with Crippen molar-refractivity contribution in [1.29, 1.82) is 0 Å². The van der Waals surface area contributed by atoms with Crippen molar-refractivity contribution in [3.05, 3.63) is 0 Å².